The number of hydrogen-bond acceptors (Lipinski definition) is 4. The quantitative estimate of drug-likeness (QED) is 0.808. The molecule has 2 N–H and O–H groups in total. The molecule has 2 amide bonds. The van der Waals surface area contributed by atoms with Crippen LogP contribution in [0.4, 0.5) is 4.79 Å². The molecule has 1 atom stereocenters. The van der Waals surface area contributed by atoms with Gasteiger partial charge < -0.3 is 20.1 Å². The number of alkyl carbamates (subject to hydrolysis) is 1. The van der Waals surface area contributed by atoms with Crippen molar-refractivity contribution in [1.29, 1.82) is 0 Å². The first kappa shape index (κ1) is 17.8. The molecule has 122 valence electrons. The molecule has 22 heavy (non-hydrogen) atoms. The van der Waals surface area contributed by atoms with Crippen molar-refractivity contribution in [2.45, 2.75) is 33.4 Å². The predicted octanol–water partition coefficient (Wildman–Crippen LogP) is 2.08. The predicted molar refractivity (Wildman–Crippen MR) is 83.6 cm³/mol. The summed E-state index contributed by atoms with van der Waals surface area (Å²) >= 11 is 0. The second-order valence-electron chi connectivity index (χ2n) is 5.12. The number of rotatable bonds is 7. The lowest BCUT2D eigenvalue weighted by Crippen LogP contribution is -2.49. The molecule has 0 aliphatic rings. The van der Waals surface area contributed by atoms with Crippen molar-refractivity contribution >= 4 is 12.0 Å². The Kier molecular flexibility index (Phi) is 7.22. The van der Waals surface area contributed by atoms with E-state index >= 15 is 0 Å². The number of para-hydroxylation sites is 1. The zero-order chi connectivity index (χ0) is 16.5. The van der Waals surface area contributed by atoms with Gasteiger partial charge in [-0.1, -0.05) is 32.0 Å². The van der Waals surface area contributed by atoms with Gasteiger partial charge in [-0.15, -0.1) is 0 Å². The van der Waals surface area contributed by atoms with Gasteiger partial charge in [-0.2, -0.15) is 0 Å². The third-order valence-electron chi connectivity index (χ3n) is 3.14. The van der Waals surface area contributed by atoms with Crippen LogP contribution in [-0.4, -0.2) is 31.8 Å². The minimum Gasteiger partial charge on any atom is -0.496 e. The highest BCUT2D eigenvalue weighted by molar-refractivity contribution is 5.85. The lowest BCUT2D eigenvalue weighted by atomic mass is 10.0. The first-order chi connectivity index (χ1) is 10.5. The maximum atomic E-state index is 12.3. The van der Waals surface area contributed by atoms with Crippen LogP contribution in [0, 0.1) is 5.92 Å². The maximum Gasteiger partial charge on any atom is 0.407 e. The highest BCUT2D eigenvalue weighted by Gasteiger charge is 2.24. The number of carbonyl (C=O) groups excluding carboxylic acids is 2. The van der Waals surface area contributed by atoms with Crippen LogP contribution in [0.25, 0.3) is 0 Å². The summed E-state index contributed by atoms with van der Waals surface area (Å²) in [4.78, 5) is 23.8. The van der Waals surface area contributed by atoms with E-state index in [2.05, 4.69) is 10.6 Å². The average Bonchev–Trinajstić information content (AvgIpc) is 2.50. The number of ether oxygens (including phenoxy) is 2. The average molecular weight is 308 g/mol. The molecular weight excluding hydrogens is 284 g/mol. The third-order valence-corrected chi connectivity index (χ3v) is 3.14. The highest BCUT2D eigenvalue weighted by Crippen LogP contribution is 2.16. The van der Waals surface area contributed by atoms with E-state index in [4.69, 9.17) is 9.47 Å². The van der Waals surface area contributed by atoms with Crippen LogP contribution >= 0.6 is 0 Å². The number of hydrogen-bond donors (Lipinski definition) is 2. The Morgan fingerprint density at radius 3 is 2.50 bits per heavy atom. The van der Waals surface area contributed by atoms with Gasteiger partial charge in [0.05, 0.1) is 13.7 Å². The molecule has 6 heteroatoms. The number of methoxy groups -OCH3 is 1. The summed E-state index contributed by atoms with van der Waals surface area (Å²) in [5.74, 6) is 0.401. The lowest BCUT2D eigenvalue weighted by Gasteiger charge is -2.21. The summed E-state index contributed by atoms with van der Waals surface area (Å²) in [5.41, 5.74) is 0.872. The van der Waals surface area contributed by atoms with Gasteiger partial charge in [-0.3, -0.25) is 4.79 Å². The molecular formula is C16H24N2O4. The smallest absolute Gasteiger partial charge is 0.407 e. The summed E-state index contributed by atoms with van der Waals surface area (Å²) in [5, 5.41) is 5.39. The van der Waals surface area contributed by atoms with Crippen LogP contribution in [0.1, 0.15) is 26.3 Å². The summed E-state index contributed by atoms with van der Waals surface area (Å²) in [6, 6.07) is 6.80. The molecule has 0 saturated carbocycles. The van der Waals surface area contributed by atoms with Gasteiger partial charge in [-0.05, 0) is 18.9 Å². The van der Waals surface area contributed by atoms with Gasteiger partial charge in [0, 0.05) is 12.1 Å². The van der Waals surface area contributed by atoms with Crippen LogP contribution < -0.4 is 15.4 Å². The molecule has 1 rings (SSSR count). The molecule has 0 bridgehead atoms. The number of carbonyl (C=O) groups is 2. The summed E-state index contributed by atoms with van der Waals surface area (Å²) in [6.45, 7) is 6.03. The van der Waals surface area contributed by atoms with E-state index in [9.17, 15) is 9.59 Å². The highest BCUT2D eigenvalue weighted by atomic mass is 16.5. The molecule has 0 radical (unpaired) electrons. The molecule has 0 fully saturated rings. The molecule has 0 saturated heterocycles. The number of nitrogens with one attached hydrogen (secondary N) is 2. The van der Waals surface area contributed by atoms with E-state index in [1.54, 1.807) is 14.0 Å². The van der Waals surface area contributed by atoms with E-state index < -0.39 is 12.1 Å². The fourth-order valence-corrected chi connectivity index (χ4v) is 1.98. The number of benzene rings is 1. The summed E-state index contributed by atoms with van der Waals surface area (Å²) in [6.07, 6.45) is -0.589. The molecule has 0 heterocycles. The van der Waals surface area contributed by atoms with Crippen molar-refractivity contribution < 1.29 is 19.1 Å². The van der Waals surface area contributed by atoms with Gasteiger partial charge in [0.25, 0.3) is 0 Å². The molecule has 0 aliphatic heterocycles. The first-order valence-corrected chi connectivity index (χ1v) is 7.32. The van der Waals surface area contributed by atoms with Crippen molar-refractivity contribution in [3.63, 3.8) is 0 Å². The Morgan fingerprint density at radius 2 is 1.91 bits per heavy atom. The lowest BCUT2D eigenvalue weighted by molar-refractivity contribution is -0.124. The normalized spacial score (nSPS) is 11.7. The second-order valence-corrected chi connectivity index (χ2v) is 5.12. The topological polar surface area (TPSA) is 76.7 Å². The van der Waals surface area contributed by atoms with Crippen LogP contribution in [0.15, 0.2) is 24.3 Å². The SMILES string of the molecule is CCOC(=O)N[C@H](C(=O)NCc1ccccc1OC)C(C)C. The zero-order valence-electron chi connectivity index (χ0n) is 13.5. The second kappa shape index (κ2) is 8.92. The standard InChI is InChI=1S/C16H24N2O4/c1-5-22-16(20)18-14(11(2)3)15(19)17-10-12-8-6-7-9-13(12)21-4/h6-9,11,14H,5,10H2,1-4H3,(H,17,19)(H,18,20)/t14-/m0/s1. The minimum atomic E-state index is -0.645. The first-order valence-electron chi connectivity index (χ1n) is 7.32. The molecule has 0 aliphatic carbocycles. The summed E-state index contributed by atoms with van der Waals surface area (Å²) < 4.78 is 10.1. The number of amides is 2. The molecule has 1 aromatic carbocycles. The minimum absolute atomic E-state index is 0.0536. The Hall–Kier alpha value is -2.24. The molecule has 1 aromatic rings. The molecule has 0 spiro atoms. The van der Waals surface area contributed by atoms with Crippen molar-refractivity contribution in [3.05, 3.63) is 29.8 Å². The van der Waals surface area contributed by atoms with E-state index in [-0.39, 0.29) is 18.4 Å². The largest absolute Gasteiger partial charge is 0.496 e. The Bertz CT molecular complexity index is 503. The van der Waals surface area contributed by atoms with Gasteiger partial charge in [0.1, 0.15) is 11.8 Å². The van der Waals surface area contributed by atoms with E-state index in [1.807, 2.05) is 38.1 Å². The monoisotopic (exact) mass is 308 g/mol. The van der Waals surface area contributed by atoms with Crippen LogP contribution in [0.3, 0.4) is 0 Å². The van der Waals surface area contributed by atoms with Gasteiger partial charge in [0.2, 0.25) is 5.91 Å². The van der Waals surface area contributed by atoms with Crippen molar-refractivity contribution in [2.24, 2.45) is 5.92 Å². The van der Waals surface area contributed by atoms with Crippen molar-refractivity contribution in [1.82, 2.24) is 10.6 Å². The van der Waals surface area contributed by atoms with Crippen molar-refractivity contribution in [2.75, 3.05) is 13.7 Å². The fraction of sp³-hybridized carbons (Fsp3) is 0.500. The van der Waals surface area contributed by atoms with Crippen LogP contribution in [0.2, 0.25) is 0 Å². The van der Waals surface area contributed by atoms with Crippen LogP contribution in [0.5, 0.6) is 5.75 Å². The van der Waals surface area contributed by atoms with E-state index in [0.29, 0.717) is 12.3 Å². The van der Waals surface area contributed by atoms with Crippen LogP contribution in [-0.2, 0) is 16.1 Å². The summed E-state index contributed by atoms with van der Waals surface area (Å²) in [7, 11) is 1.58. The third kappa shape index (κ3) is 5.27. The van der Waals surface area contributed by atoms with Gasteiger partial charge in [-0.25, -0.2) is 4.79 Å². The Balaban J connectivity index is 2.65. The molecule has 0 unspecified atom stereocenters. The van der Waals surface area contributed by atoms with Gasteiger partial charge >= 0.3 is 6.09 Å². The van der Waals surface area contributed by atoms with E-state index in [1.165, 1.54) is 0 Å². The fourth-order valence-electron chi connectivity index (χ4n) is 1.98. The zero-order valence-corrected chi connectivity index (χ0v) is 13.5. The van der Waals surface area contributed by atoms with E-state index in [0.717, 1.165) is 5.56 Å². The Morgan fingerprint density at radius 1 is 1.23 bits per heavy atom. The molecule has 0 aromatic heterocycles. The van der Waals surface area contributed by atoms with Gasteiger partial charge in [0.15, 0.2) is 0 Å². The maximum absolute atomic E-state index is 12.3. The molecule has 6 nitrogen and oxygen atoms in total. The van der Waals surface area contributed by atoms with Crippen molar-refractivity contribution in [3.8, 4) is 5.75 Å². The Labute approximate surface area is 131 Å².